The number of hydrogen-bond acceptors (Lipinski definition) is 5. The number of likely N-dealkylation sites (tertiary alicyclic amines) is 1. The minimum absolute atomic E-state index is 0.269. The van der Waals surface area contributed by atoms with Crippen LogP contribution in [0.4, 0.5) is 0 Å². The van der Waals surface area contributed by atoms with E-state index < -0.39 is 11.9 Å². The zero-order valence-corrected chi connectivity index (χ0v) is 16.7. The van der Waals surface area contributed by atoms with Crippen LogP contribution in [0.25, 0.3) is 0 Å². The topological polar surface area (TPSA) is 72.9 Å². The summed E-state index contributed by atoms with van der Waals surface area (Å²) in [7, 11) is 1.84. The Balaban J connectivity index is 0.000000433. The molecule has 1 saturated heterocycles. The summed E-state index contributed by atoms with van der Waals surface area (Å²) in [4.78, 5) is 36.2. The van der Waals surface area contributed by atoms with Gasteiger partial charge in [-0.05, 0) is 31.4 Å². The van der Waals surface area contributed by atoms with Gasteiger partial charge < -0.3 is 14.4 Å². The van der Waals surface area contributed by atoms with Gasteiger partial charge in [0.1, 0.15) is 0 Å². The van der Waals surface area contributed by atoms with E-state index in [-0.39, 0.29) is 11.1 Å². The third-order valence-electron chi connectivity index (χ3n) is 4.14. The fourth-order valence-electron chi connectivity index (χ4n) is 2.40. The van der Waals surface area contributed by atoms with Crippen molar-refractivity contribution in [1.82, 2.24) is 4.90 Å². The molecular weight excluding hydrogens is 346 g/mol. The molecule has 1 aliphatic heterocycles. The highest BCUT2D eigenvalue weighted by Crippen LogP contribution is 2.12. The van der Waals surface area contributed by atoms with Crippen LogP contribution in [0.1, 0.15) is 73.1 Å². The molecule has 0 aromatic heterocycles. The van der Waals surface area contributed by atoms with Gasteiger partial charge in [-0.3, -0.25) is 4.79 Å². The second-order valence-electron chi connectivity index (χ2n) is 6.44. The normalized spacial score (nSPS) is 13.0. The molecule has 0 saturated carbocycles. The number of benzene rings is 1. The Morgan fingerprint density at radius 3 is 1.74 bits per heavy atom. The van der Waals surface area contributed by atoms with Gasteiger partial charge in [-0.2, -0.15) is 0 Å². The molecule has 0 unspecified atom stereocenters. The van der Waals surface area contributed by atoms with Crippen molar-refractivity contribution in [3.63, 3.8) is 0 Å². The zero-order valence-electron chi connectivity index (χ0n) is 16.7. The molecule has 0 N–H and O–H groups in total. The second kappa shape index (κ2) is 12.9. The standard InChI is InChI=1S/C16H22O4.C5H9NO/c1-3-5-11-19-15(17)13-9-7-8-10-14(13)16(18)20-12-6-4-2;1-6-4-2-3-5(6)7/h7-10H,3-6,11-12H2,1-2H3;2-4H2,1H3. The number of unbranched alkanes of at least 4 members (excludes halogenated alkanes) is 2. The molecule has 1 fully saturated rings. The summed E-state index contributed by atoms with van der Waals surface area (Å²) in [6.07, 6.45) is 5.34. The Morgan fingerprint density at radius 2 is 1.44 bits per heavy atom. The molecule has 27 heavy (non-hydrogen) atoms. The highest BCUT2D eigenvalue weighted by Gasteiger charge is 2.18. The third kappa shape index (κ3) is 8.24. The minimum Gasteiger partial charge on any atom is -0.462 e. The summed E-state index contributed by atoms with van der Waals surface area (Å²) < 4.78 is 10.3. The molecule has 0 aliphatic carbocycles. The van der Waals surface area contributed by atoms with Gasteiger partial charge in [0.25, 0.3) is 0 Å². The Bertz CT molecular complexity index is 573. The van der Waals surface area contributed by atoms with Crippen LogP contribution in [-0.4, -0.2) is 49.6 Å². The maximum Gasteiger partial charge on any atom is 0.339 e. The van der Waals surface area contributed by atoms with Crippen LogP contribution in [-0.2, 0) is 14.3 Å². The average Bonchev–Trinajstić information content (AvgIpc) is 3.05. The van der Waals surface area contributed by atoms with Crippen molar-refractivity contribution >= 4 is 17.8 Å². The number of ether oxygens (including phenoxy) is 2. The molecule has 6 heteroatoms. The second-order valence-corrected chi connectivity index (χ2v) is 6.44. The monoisotopic (exact) mass is 377 g/mol. The van der Waals surface area contributed by atoms with Crippen LogP contribution >= 0.6 is 0 Å². The molecule has 6 nitrogen and oxygen atoms in total. The highest BCUT2D eigenvalue weighted by molar-refractivity contribution is 6.03. The van der Waals surface area contributed by atoms with Crippen molar-refractivity contribution in [2.24, 2.45) is 0 Å². The van der Waals surface area contributed by atoms with Crippen LogP contribution in [0.3, 0.4) is 0 Å². The van der Waals surface area contributed by atoms with Gasteiger partial charge in [-0.25, -0.2) is 9.59 Å². The molecule has 0 bridgehead atoms. The molecule has 1 heterocycles. The first-order valence-corrected chi connectivity index (χ1v) is 9.68. The quantitative estimate of drug-likeness (QED) is 0.508. The van der Waals surface area contributed by atoms with E-state index in [1.54, 1.807) is 29.2 Å². The maximum atomic E-state index is 11.9. The zero-order chi connectivity index (χ0) is 20.1. The lowest BCUT2D eigenvalue weighted by molar-refractivity contribution is -0.126. The molecule has 0 atom stereocenters. The summed E-state index contributed by atoms with van der Waals surface area (Å²) in [5, 5.41) is 0. The van der Waals surface area contributed by atoms with Crippen LogP contribution in [0.15, 0.2) is 24.3 Å². The van der Waals surface area contributed by atoms with Gasteiger partial charge in [0.2, 0.25) is 5.91 Å². The Hall–Kier alpha value is -2.37. The van der Waals surface area contributed by atoms with Crippen molar-refractivity contribution in [2.45, 2.75) is 52.4 Å². The first kappa shape index (κ1) is 22.7. The van der Waals surface area contributed by atoms with E-state index >= 15 is 0 Å². The Morgan fingerprint density at radius 1 is 0.963 bits per heavy atom. The van der Waals surface area contributed by atoms with Gasteiger partial charge in [0, 0.05) is 20.0 Å². The predicted octanol–water partition coefficient (Wildman–Crippen LogP) is 3.84. The van der Waals surface area contributed by atoms with Crippen LogP contribution in [0.2, 0.25) is 0 Å². The molecule has 2 rings (SSSR count). The summed E-state index contributed by atoms with van der Waals surface area (Å²) >= 11 is 0. The number of carbonyl (C=O) groups excluding carboxylic acids is 3. The number of rotatable bonds is 8. The smallest absolute Gasteiger partial charge is 0.339 e. The van der Waals surface area contributed by atoms with E-state index in [4.69, 9.17) is 9.47 Å². The number of esters is 2. The number of amides is 1. The summed E-state index contributed by atoms with van der Waals surface area (Å²) in [5.41, 5.74) is 0.537. The SMILES string of the molecule is CCCCOC(=O)c1ccccc1C(=O)OCCCC.CN1CCCC1=O. The van der Waals surface area contributed by atoms with Crippen molar-refractivity contribution < 1.29 is 23.9 Å². The van der Waals surface area contributed by atoms with Crippen molar-refractivity contribution in [1.29, 1.82) is 0 Å². The lowest BCUT2D eigenvalue weighted by atomic mass is 10.1. The van der Waals surface area contributed by atoms with Crippen molar-refractivity contribution in [2.75, 3.05) is 26.8 Å². The first-order chi connectivity index (χ1) is 13.0. The fourth-order valence-corrected chi connectivity index (χ4v) is 2.40. The van der Waals surface area contributed by atoms with E-state index in [2.05, 4.69) is 0 Å². The van der Waals surface area contributed by atoms with E-state index in [1.165, 1.54) is 0 Å². The predicted molar refractivity (Wildman–Crippen MR) is 104 cm³/mol. The van der Waals surface area contributed by atoms with Gasteiger partial charge >= 0.3 is 11.9 Å². The number of carbonyl (C=O) groups is 3. The third-order valence-corrected chi connectivity index (χ3v) is 4.14. The number of hydrogen-bond donors (Lipinski definition) is 0. The van der Waals surface area contributed by atoms with E-state index in [0.29, 0.717) is 19.1 Å². The van der Waals surface area contributed by atoms with E-state index in [9.17, 15) is 14.4 Å². The summed E-state index contributed by atoms with van der Waals surface area (Å²) in [5.74, 6) is -0.650. The Kier molecular flexibility index (Phi) is 10.8. The van der Waals surface area contributed by atoms with Crippen LogP contribution in [0.5, 0.6) is 0 Å². The molecule has 1 amide bonds. The molecule has 1 aliphatic rings. The maximum absolute atomic E-state index is 11.9. The van der Waals surface area contributed by atoms with Crippen molar-refractivity contribution in [3.8, 4) is 0 Å². The highest BCUT2D eigenvalue weighted by atomic mass is 16.5. The van der Waals surface area contributed by atoms with E-state index in [0.717, 1.165) is 45.1 Å². The van der Waals surface area contributed by atoms with Gasteiger partial charge in [-0.15, -0.1) is 0 Å². The molecule has 0 radical (unpaired) electrons. The molecule has 1 aromatic carbocycles. The largest absolute Gasteiger partial charge is 0.462 e. The number of nitrogens with zero attached hydrogens (tertiary/aromatic N) is 1. The van der Waals surface area contributed by atoms with Gasteiger partial charge in [0.15, 0.2) is 0 Å². The fraction of sp³-hybridized carbons (Fsp3) is 0.571. The molecule has 1 aromatic rings. The van der Waals surface area contributed by atoms with E-state index in [1.807, 2.05) is 20.9 Å². The molecular formula is C21H31NO5. The van der Waals surface area contributed by atoms with Gasteiger partial charge in [0.05, 0.1) is 24.3 Å². The molecule has 0 spiro atoms. The summed E-state index contributed by atoms with van der Waals surface area (Å²) in [6.45, 7) is 5.74. The molecule has 150 valence electrons. The summed E-state index contributed by atoms with van der Waals surface area (Å²) in [6, 6.07) is 6.59. The average molecular weight is 377 g/mol. The Labute approximate surface area is 161 Å². The van der Waals surface area contributed by atoms with Crippen LogP contribution in [0, 0.1) is 0 Å². The van der Waals surface area contributed by atoms with Crippen molar-refractivity contribution in [3.05, 3.63) is 35.4 Å². The minimum atomic E-state index is -0.471. The van der Waals surface area contributed by atoms with Gasteiger partial charge in [-0.1, -0.05) is 38.8 Å². The lowest BCUT2D eigenvalue weighted by Gasteiger charge is -2.09. The first-order valence-electron chi connectivity index (χ1n) is 9.68. The van der Waals surface area contributed by atoms with Crippen LogP contribution < -0.4 is 0 Å². The lowest BCUT2D eigenvalue weighted by Crippen LogP contribution is -2.17.